The number of aromatic nitrogens is 3. The molecule has 0 aliphatic carbocycles. The Labute approximate surface area is 144 Å². The molecule has 6 nitrogen and oxygen atoms in total. The Morgan fingerprint density at radius 2 is 2.25 bits per heavy atom. The van der Waals surface area contributed by atoms with Crippen LogP contribution in [-0.4, -0.2) is 32.7 Å². The van der Waals surface area contributed by atoms with Gasteiger partial charge in [0.2, 0.25) is 0 Å². The first-order valence-electron chi connectivity index (χ1n) is 8.22. The van der Waals surface area contributed by atoms with Crippen LogP contribution in [0.3, 0.4) is 0 Å². The molecule has 1 atom stereocenters. The molecule has 1 fully saturated rings. The van der Waals surface area contributed by atoms with Crippen molar-refractivity contribution >= 4 is 11.5 Å². The molecule has 24 heavy (non-hydrogen) atoms. The maximum atomic E-state index is 5.72. The van der Waals surface area contributed by atoms with E-state index >= 15 is 0 Å². The molecule has 1 saturated heterocycles. The lowest BCUT2D eigenvalue weighted by Crippen LogP contribution is -2.34. The molecule has 3 aromatic heterocycles. The monoisotopic (exact) mass is 344 g/mol. The zero-order valence-corrected chi connectivity index (χ0v) is 14.7. The number of piperidine rings is 1. The molecule has 0 N–H and O–H groups in total. The average molecular weight is 344 g/mol. The van der Waals surface area contributed by atoms with E-state index in [4.69, 9.17) is 8.94 Å². The topological polar surface area (TPSA) is 68.2 Å². The van der Waals surface area contributed by atoms with Gasteiger partial charge in [-0.15, -0.1) is 5.10 Å². The number of likely N-dealkylation sites (tertiary alicyclic amines) is 1. The minimum atomic E-state index is 0.369. The van der Waals surface area contributed by atoms with E-state index in [1.54, 1.807) is 0 Å². The molecule has 3 aromatic rings. The average Bonchev–Trinajstić information content (AvgIpc) is 3.28. The molecule has 0 radical (unpaired) electrons. The van der Waals surface area contributed by atoms with Crippen LogP contribution in [0.1, 0.15) is 41.7 Å². The second-order valence-electron chi connectivity index (χ2n) is 6.41. The van der Waals surface area contributed by atoms with Gasteiger partial charge in [-0.3, -0.25) is 4.90 Å². The van der Waals surface area contributed by atoms with E-state index in [0.717, 1.165) is 66.0 Å². The van der Waals surface area contributed by atoms with Crippen molar-refractivity contribution in [3.05, 3.63) is 41.1 Å². The number of hydrogen-bond acceptors (Lipinski definition) is 7. The summed E-state index contributed by atoms with van der Waals surface area (Å²) >= 11 is 1.39. The van der Waals surface area contributed by atoms with E-state index in [9.17, 15) is 0 Å². The van der Waals surface area contributed by atoms with Gasteiger partial charge < -0.3 is 8.94 Å². The molecular formula is C17H20N4O2S. The van der Waals surface area contributed by atoms with Crippen molar-refractivity contribution < 1.29 is 8.94 Å². The summed E-state index contributed by atoms with van der Waals surface area (Å²) in [5.41, 5.74) is 1.92. The largest absolute Gasteiger partial charge is 0.465 e. The zero-order chi connectivity index (χ0) is 16.5. The van der Waals surface area contributed by atoms with Crippen LogP contribution in [0, 0.1) is 13.8 Å². The SMILES string of the molecule is Cc1cc(-c2snnc2[C@@H]2CCCN(Cc3ccc(C)o3)C2)on1. The summed E-state index contributed by atoms with van der Waals surface area (Å²) in [6, 6.07) is 6.03. The van der Waals surface area contributed by atoms with E-state index < -0.39 is 0 Å². The smallest absolute Gasteiger partial charge is 0.180 e. The van der Waals surface area contributed by atoms with Gasteiger partial charge in [-0.1, -0.05) is 9.64 Å². The van der Waals surface area contributed by atoms with Gasteiger partial charge in [0, 0.05) is 18.5 Å². The van der Waals surface area contributed by atoms with Crippen LogP contribution in [0.5, 0.6) is 0 Å². The Bertz CT molecular complexity index is 822. The van der Waals surface area contributed by atoms with Gasteiger partial charge in [0.1, 0.15) is 16.4 Å². The Balaban J connectivity index is 1.51. The zero-order valence-electron chi connectivity index (χ0n) is 13.9. The van der Waals surface area contributed by atoms with Crippen LogP contribution >= 0.6 is 11.5 Å². The Morgan fingerprint density at radius 3 is 3.00 bits per heavy atom. The van der Waals surface area contributed by atoms with Gasteiger partial charge in [0.05, 0.1) is 17.9 Å². The fourth-order valence-corrected chi connectivity index (χ4v) is 4.02. The summed E-state index contributed by atoms with van der Waals surface area (Å²) in [7, 11) is 0. The lowest BCUT2D eigenvalue weighted by molar-refractivity contribution is 0.184. The van der Waals surface area contributed by atoms with Crippen LogP contribution in [0.2, 0.25) is 0 Å². The summed E-state index contributed by atoms with van der Waals surface area (Å²) in [6.45, 7) is 6.80. The van der Waals surface area contributed by atoms with Crippen molar-refractivity contribution in [1.82, 2.24) is 19.6 Å². The summed E-state index contributed by atoms with van der Waals surface area (Å²) in [4.78, 5) is 3.44. The second kappa shape index (κ2) is 6.49. The molecule has 0 amide bonds. The highest BCUT2D eigenvalue weighted by Gasteiger charge is 2.28. The number of rotatable bonds is 4. The Kier molecular flexibility index (Phi) is 4.20. The number of furan rings is 1. The predicted molar refractivity (Wildman–Crippen MR) is 90.8 cm³/mol. The molecule has 0 unspecified atom stereocenters. The van der Waals surface area contributed by atoms with Crippen LogP contribution in [0.25, 0.3) is 10.6 Å². The highest BCUT2D eigenvalue weighted by molar-refractivity contribution is 7.09. The molecule has 0 aromatic carbocycles. The van der Waals surface area contributed by atoms with E-state index in [1.165, 1.54) is 11.5 Å². The first kappa shape index (κ1) is 15.5. The molecule has 4 rings (SSSR count). The number of nitrogens with zero attached hydrogens (tertiary/aromatic N) is 4. The lowest BCUT2D eigenvalue weighted by Gasteiger charge is -2.31. The lowest BCUT2D eigenvalue weighted by atomic mass is 9.93. The molecule has 0 saturated carbocycles. The van der Waals surface area contributed by atoms with Crippen LogP contribution in [-0.2, 0) is 6.54 Å². The first-order chi connectivity index (χ1) is 11.7. The van der Waals surface area contributed by atoms with Crippen molar-refractivity contribution in [2.45, 2.75) is 39.2 Å². The van der Waals surface area contributed by atoms with E-state index in [1.807, 2.05) is 26.0 Å². The first-order valence-corrected chi connectivity index (χ1v) is 9.00. The third-order valence-corrected chi connectivity index (χ3v) is 5.19. The fourth-order valence-electron chi connectivity index (χ4n) is 3.32. The van der Waals surface area contributed by atoms with Crippen molar-refractivity contribution in [3.63, 3.8) is 0 Å². The van der Waals surface area contributed by atoms with Gasteiger partial charge in [0.15, 0.2) is 5.76 Å². The fraction of sp³-hybridized carbons (Fsp3) is 0.471. The van der Waals surface area contributed by atoms with Gasteiger partial charge in [-0.2, -0.15) is 0 Å². The highest BCUT2D eigenvalue weighted by atomic mass is 32.1. The van der Waals surface area contributed by atoms with Crippen LogP contribution < -0.4 is 0 Å². The maximum Gasteiger partial charge on any atom is 0.180 e. The third-order valence-electron chi connectivity index (χ3n) is 4.43. The number of hydrogen-bond donors (Lipinski definition) is 0. The predicted octanol–water partition coefficient (Wildman–Crippen LogP) is 3.78. The molecule has 0 spiro atoms. The third kappa shape index (κ3) is 3.14. The minimum Gasteiger partial charge on any atom is -0.465 e. The van der Waals surface area contributed by atoms with Crippen molar-refractivity contribution in [3.8, 4) is 10.6 Å². The summed E-state index contributed by atoms with van der Waals surface area (Å²) in [5.74, 6) is 3.13. The quantitative estimate of drug-likeness (QED) is 0.717. The normalized spacial score (nSPS) is 19.0. The molecule has 7 heteroatoms. The van der Waals surface area contributed by atoms with E-state index in [2.05, 4.69) is 25.7 Å². The minimum absolute atomic E-state index is 0.369. The molecule has 1 aliphatic rings. The summed E-state index contributed by atoms with van der Waals surface area (Å²) in [6.07, 6.45) is 2.27. The number of aryl methyl sites for hydroxylation is 2. The molecule has 4 heterocycles. The standard InChI is InChI=1S/C17H20N4O2S/c1-11-8-15(23-19-11)17-16(18-20-24-17)13-4-3-7-21(9-13)10-14-6-5-12(2)22-14/h5-6,8,13H,3-4,7,9-10H2,1-2H3/t13-/m1/s1. The molecular weight excluding hydrogens is 324 g/mol. The van der Waals surface area contributed by atoms with Gasteiger partial charge >= 0.3 is 0 Å². The van der Waals surface area contributed by atoms with Gasteiger partial charge in [0.25, 0.3) is 0 Å². The molecule has 0 bridgehead atoms. The Morgan fingerprint density at radius 1 is 1.33 bits per heavy atom. The molecule has 126 valence electrons. The second-order valence-corrected chi connectivity index (χ2v) is 7.16. The van der Waals surface area contributed by atoms with Gasteiger partial charge in [-0.05, 0) is 56.9 Å². The van der Waals surface area contributed by atoms with Crippen LogP contribution in [0.4, 0.5) is 0 Å². The summed E-state index contributed by atoms with van der Waals surface area (Å²) in [5, 5.41) is 8.39. The molecule has 1 aliphatic heterocycles. The summed E-state index contributed by atoms with van der Waals surface area (Å²) < 4.78 is 15.3. The van der Waals surface area contributed by atoms with Crippen LogP contribution in [0.15, 0.2) is 27.1 Å². The highest BCUT2D eigenvalue weighted by Crippen LogP contribution is 2.35. The van der Waals surface area contributed by atoms with Crippen molar-refractivity contribution in [2.75, 3.05) is 13.1 Å². The van der Waals surface area contributed by atoms with Crippen molar-refractivity contribution in [2.24, 2.45) is 0 Å². The van der Waals surface area contributed by atoms with E-state index in [0.29, 0.717) is 5.92 Å². The Hall–Kier alpha value is -1.99. The van der Waals surface area contributed by atoms with E-state index in [-0.39, 0.29) is 0 Å². The van der Waals surface area contributed by atoms with Gasteiger partial charge in [-0.25, -0.2) is 0 Å². The maximum absolute atomic E-state index is 5.72. The van der Waals surface area contributed by atoms with Crippen molar-refractivity contribution in [1.29, 1.82) is 0 Å².